The highest BCUT2D eigenvalue weighted by atomic mass is 19.4. The van der Waals surface area contributed by atoms with Crippen molar-refractivity contribution in [1.29, 1.82) is 0 Å². The molecule has 0 saturated carbocycles. The van der Waals surface area contributed by atoms with Crippen LogP contribution in [-0.4, -0.2) is 19.2 Å². The number of rotatable bonds is 3. The van der Waals surface area contributed by atoms with Crippen molar-refractivity contribution in [1.82, 2.24) is 0 Å². The van der Waals surface area contributed by atoms with E-state index in [2.05, 4.69) is 0 Å². The van der Waals surface area contributed by atoms with Crippen LogP contribution in [0, 0.1) is 0 Å². The monoisotopic (exact) mass is 273 g/mol. The third-order valence-corrected chi connectivity index (χ3v) is 3.06. The zero-order valence-corrected chi connectivity index (χ0v) is 11.1. The second-order valence-corrected chi connectivity index (χ2v) is 5.07. The van der Waals surface area contributed by atoms with Crippen LogP contribution in [0.3, 0.4) is 0 Å². The van der Waals surface area contributed by atoms with Crippen molar-refractivity contribution in [2.45, 2.75) is 39.0 Å². The van der Waals surface area contributed by atoms with Gasteiger partial charge in [0.05, 0.1) is 11.7 Å². The van der Waals surface area contributed by atoms with E-state index in [-0.39, 0.29) is 11.9 Å². The van der Waals surface area contributed by atoms with E-state index in [0.717, 1.165) is 32.0 Å². The maximum atomic E-state index is 12.9. The molecule has 0 amide bonds. The largest absolute Gasteiger partial charge is 0.491 e. The number of hydrogen-bond donors (Lipinski definition) is 0. The highest BCUT2D eigenvalue weighted by molar-refractivity contribution is 5.54. The van der Waals surface area contributed by atoms with Gasteiger partial charge in [-0.15, -0.1) is 0 Å². The first kappa shape index (κ1) is 14.0. The van der Waals surface area contributed by atoms with E-state index in [9.17, 15) is 13.2 Å². The minimum absolute atomic E-state index is 0.144. The van der Waals surface area contributed by atoms with Crippen molar-refractivity contribution < 1.29 is 17.9 Å². The first-order valence-corrected chi connectivity index (χ1v) is 6.50. The summed E-state index contributed by atoms with van der Waals surface area (Å²) in [7, 11) is 0. The molecule has 0 bridgehead atoms. The summed E-state index contributed by atoms with van der Waals surface area (Å²) in [6, 6.07) is 3.97. The third kappa shape index (κ3) is 3.55. The molecular weight excluding hydrogens is 255 g/mol. The number of benzene rings is 1. The second-order valence-electron chi connectivity index (χ2n) is 5.07. The van der Waals surface area contributed by atoms with Gasteiger partial charge in [-0.05, 0) is 38.8 Å². The molecule has 1 aliphatic rings. The van der Waals surface area contributed by atoms with Gasteiger partial charge in [0.2, 0.25) is 0 Å². The molecule has 1 aromatic carbocycles. The van der Waals surface area contributed by atoms with E-state index in [0.29, 0.717) is 5.69 Å². The molecule has 2 rings (SSSR count). The predicted molar refractivity (Wildman–Crippen MR) is 68.7 cm³/mol. The van der Waals surface area contributed by atoms with Crippen LogP contribution in [0.1, 0.15) is 32.3 Å². The molecule has 2 nitrogen and oxygen atoms in total. The van der Waals surface area contributed by atoms with Crippen LogP contribution in [-0.2, 0) is 6.18 Å². The molecule has 0 radical (unpaired) electrons. The summed E-state index contributed by atoms with van der Waals surface area (Å²) in [5, 5.41) is 0. The standard InChI is InChI=1S/C14H18F3NO/c1-10(2)19-13-8-11(14(15,16)17)7-12(9-13)18-5-3-4-6-18/h7-10H,3-6H2,1-2H3. The zero-order chi connectivity index (χ0) is 14.0. The van der Waals surface area contributed by atoms with Gasteiger partial charge in [0.15, 0.2) is 0 Å². The Kier molecular flexibility index (Phi) is 3.92. The fourth-order valence-corrected chi connectivity index (χ4v) is 2.25. The van der Waals surface area contributed by atoms with Crippen molar-refractivity contribution in [3.8, 4) is 5.75 Å². The number of anilines is 1. The summed E-state index contributed by atoms with van der Waals surface area (Å²) < 4.78 is 44.1. The average molecular weight is 273 g/mol. The van der Waals surface area contributed by atoms with Gasteiger partial charge < -0.3 is 9.64 Å². The Morgan fingerprint density at radius 2 is 1.74 bits per heavy atom. The normalized spacial score (nSPS) is 16.2. The number of nitrogens with zero attached hydrogens (tertiary/aromatic N) is 1. The molecule has 19 heavy (non-hydrogen) atoms. The van der Waals surface area contributed by atoms with Crippen LogP contribution in [0.4, 0.5) is 18.9 Å². The number of hydrogen-bond acceptors (Lipinski definition) is 2. The van der Waals surface area contributed by atoms with E-state index < -0.39 is 11.7 Å². The Bertz CT molecular complexity index is 437. The molecule has 0 aliphatic carbocycles. The summed E-state index contributed by atoms with van der Waals surface area (Å²) in [6.07, 6.45) is -2.44. The van der Waals surface area contributed by atoms with Crippen LogP contribution < -0.4 is 9.64 Å². The Balaban J connectivity index is 2.36. The van der Waals surface area contributed by atoms with Gasteiger partial charge in [-0.2, -0.15) is 13.2 Å². The Labute approximate surface area is 111 Å². The number of halogens is 3. The molecular formula is C14H18F3NO. The van der Waals surface area contributed by atoms with E-state index in [1.165, 1.54) is 6.07 Å². The molecule has 5 heteroatoms. The molecule has 1 aliphatic heterocycles. The number of ether oxygens (including phenoxy) is 1. The Morgan fingerprint density at radius 3 is 2.26 bits per heavy atom. The van der Waals surface area contributed by atoms with Crippen LogP contribution in [0.15, 0.2) is 18.2 Å². The highest BCUT2D eigenvalue weighted by Crippen LogP contribution is 2.36. The van der Waals surface area contributed by atoms with Gasteiger partial charge in [-0.3, -0.25) is 0 Å². The lowest BCUT2D eigenvalue weighted by Gasteiger charge is -2.21. The smallest absolute Gasteiger partial charge is 0.416 e. The topological polar surface area (TPSA) is 12.5 Å². The Hall–Kier alpha value is -1.39. The maximum absolute atomic E-state index is 12.9. The third-order valence-electron chi connectivity index (χ3n) is 3.06. The molecule has 0 aromatic heterocycles. The van der Waals surface area contributed by atoms with Gasteiger partial charge in [0, 0.05) is 24.8 Å². The van der Waals surface area contributed by atoms with Crippen molar-refractivity contribution in [2.24, 2.45) is 0 Å². The molecule has 0 spiro atoms. The SMILES string of the molecule is CC(C)Oc1cc(N2CCCC2)cc(C(F)(F)F)c1. The fourth-order valence-electron chi connectivity index (χ4n) is 2.25. The molecule has 106 valence electrons. The van der Waals surface area contributed by atoms with Crippen molar-refractivity contribution in [3.05, 3.63) is 23.8 Å². The first-order valence-electron chi connectivity index (χ1n) is 6.50. The second kappa shape index (κ2) is 5.31. The van der Waals surface area contributed by atoms with Gasteiger partial charge >= 0.3 is 6.18 Å². The van der Waals surface area contributed by atoms with E-state index in [1.54, 1.807) is 19.9 Å². The lowest BCUT2D eigenvalue weighted by Crippen LogP contribution is -2.19. The van der Waals surface area contributed by atoms with Gasteiger partial charge in [-0.1, -0.05) is 0 Å². The van der Waals surface area contributed by atoms with Crippen LogP contribution in [0.2, 0.25) is 0 Å². The van der Waals surface area contributed by atoms with Crippen molar-refractivity contribution in [3.63, 3.8) is 0 Å². The summed E-state index contributed by atoms with van der Waals surface area (Å²) in [5.74, 6) is 0.284. The van der Waals surface area contributed by atoms with Crippen molar-refractivity contribution in [2.75, 3.05) is 18.0 Å². The summed E-state index contributed by atoms with van der Waals surface area (Å²) in [4.78, 5) is 1.97. The predicted octanol–water partition coefficient (Wildman–Crippen LogP) is 4.09. The molecule has 0 N–H and O–H groups in total. The Morgan fingerprint density at radius 1 is 1.11 bits per heavy atom. The molecule has 0 unspecified atom stereocenters. The quantitative estimate of drug-likeness (QED) is 0.822. The summed E-state index contributed by atoms with van der Waals surface area (Å²) in [5.41, 5.74) is -0.0458. The van der Waals surface area contributed by atoms with E-state index >= 15 is 0 Å². The van der Waals surface area contributed by atoms with Gasteiger partial charge in [-0.25, -0.2) is 0 Å². The minimum Gasteiger partial charge on any atom is -0.491 e. The van der Waals surface area contributed by atoms with Crippen LogP contribution in [0.5, 0.6) is 5.75 Å². The maximum Gasteiger partial charge on any atom is 0.416 e. The molecule has 1 heterocycles. The molecule has 1 saturated heterocycles. The summed E-state index contributed by atoms with van der Waals surface area (Å²) >= 11 is 0. The van der Waals surface area contributed by atoms with Crippen molar-refractivity contribution >= 4 is 5.69 Å². The van der Waals surface area contributed by atoms with Crippen LogP contribution in [0.25, 0.3) is 0 Å². The van der Waals surface area contributed by atoms with E-state index in [1.807, 2.05) is 4.90 Å². The zero-order valence-electron chi connectivity index (χ0n) is 11.1. The van der Waals surface area contributed by atoms with E-state index in [4.69, 9.17) is 4.74 Å². The lowest BCUT2D eigenvalue weighted by molar-refractivity contribution is -0.137. The van der Waals surface area contributed by atoms with Crippen LogP contribution >= 0.6 is 0 Å². The molecule has 0 atom stereocenters. The lowest BCUT2D eigenvalue weighted by atomic mass is 10.1. The minimum atomic E-state index is -4.34. The first-order chi connectivity index (χ1) is 8.86. The highest BCUT2D eigenvalue weighted by Gasteiger charge is 2.32. The number of alkyl halides is 3. The molecule has 1 aromatic rings. The molecule has 1 fully saturated rings. The fraction of sp³-hybridized carbons (Fsp3) is 0.571. The van der Waals surface area contributed by atoms with Gasteiger partial charge in [0.1, 0.15) is 5.75 Å². The average Bonchev–Trinajstić information content (AvgIpc) is 2.79. The van der Waals surface area contributed by atoms with Gasteiger partial charge in [0.25, 0.3) is 0 Å². The summed E-state index contributed by atoms with van der Waals surface area (Å²) in [6.45, 7) is 5.22.